The van der Waals surface area contributed by atoms with Gasteiger partial charge in [0.15, 0.2) is 0 Å². The number of benzene rings is 1. The lowest BCUT2D eigenvalue weighted by atomic mass is 9.79. The number of hydrogen-bond acceptors (Lipinski definition) is 4. The molecular weight excluding hydrogens is 304 g/mol. The maximum Gasteiger partial charge on any atom is 0.227 e. The van der Waals surface area contributed by atoms with Crippen LogP contribution in [0.4, 0.5) is 0 Å². The number of halogens is 1. The Labute approximate surface area is 138 Å². The van der Waals surface area contributed by atoms with Crippen LogP contribution in [0.25, 0.3) is 0 Å². The first kappa shape index (κ1) is 18.9. The Morgan fingerprint density at radius 3 is 2.55 bits per heavy atom. The van der Waals surface area contributed by atoms with Gasteiger partial charge >= 0.3 is 0 Å². The molecule has 0 radical (unpaired) electrons. The van der Waals surface area contributed by atoms with Gasteiger partial charge in [0.2, 0.25) is 5.91 Å². The van der Waals surface area contributed by atoms with Crippen molar-refractivity contribution in [3.8, 4) is 0 Å². The van der Waals surface area contributed by atoms with Crippen molar-refractivity contribution in [2.75, 3.05) is 26.9 Å². The molecule has 2 rings (SSSR count). The topological polar surface area (TPSA) is 73.6 Å². The molecule has 0 atom stereocenters. The van der Waals surface area contributed by atoms with E-state index in [0.29, 0.717) is 45.8 Å². The molecule has 1 amide bonds. The Morgan fingerprint density at radius 1 is 1.32 bits per heavy atom. The van der Waals surface area contributed by atoms with Gasteiger partial charge in [0.25, 0.3) is 0 Å². The largest absolute Gasteiger partial charge is 0.381 e. The highest BCUT2D eigenvalue weighted by molar-refractivity contribution is 5.85. The number of rotatable bonds is 6. The van der Waals surface area contributed by atoms with E-state index in [1.807, 2.05) is 24.3 Å². The lowest BCUT2D eigenvalue weighted by Gasteiger charge is -2.34. The second kappa shape index (κ2) is 9.10. The summed E-state index contributed by atoms with van der Waals surface area (Å²) in [5.74, 6) is 0.0283. The molecule has 0 bridgehead atoms. The number of nitrogens with one attached hydrogen (secondary N) is 1. The Balaban J connectivity index is 0.00000242. The van der Waals surface area contributed by atoms with Crippen molar-refractivity contribution in [2.24, 2.45) is 11.1 Å². The van der Waals surface area contributed by atoms with Crippen LogP contribution in [0, 0.1) is 5.41 Å². The molecular formula is C16H25ClN2O3. The van der Waals surface area contributed by atoms with Gasteiger partial charge in [0.1, 0.15) is 0 Å². The lowest BCUT2D eigenvalue weighted by molar-refractivity contribution is -0.136. The average molecular weight is 329 g/mol. The van der Waals surface area contributed by atoms with Gasteiger partial charge in [-0.3, -0.25) is 4.79 Å². The number of methoxy groups -OCH3 is 1. The first-order valence-corrected chi connectivity index (χ1v) is 7.34. The van der Waals surface area contributed by atoms with Gasteiger partial charge in [-0.2, -0.15) is 0 Å². The van der Waals surface area contributed by atoms with Gasteiger partial charge in [-0.1, -0.05) is 24.3 Å². The minimum atomic E-state index is -0.478. The fourth-order valence-corrected chi connectivity index (χ4v) is 2.68. The van der Waals surface area contributed by atoms with Crippen LogP contribution in [0.3, 0.4) is 0 Å². The third-order valence-corrected chi connectivity index (χ3v) is 4.18. The lowest BCUT2D eigenvalue weighted by Crippen LogP contribution is -2.49. The van der Waals surface area contributed by atoms with E-state index in [9.17, 15) is 4.79 Å². The predicted molar refractivity (Wildman–Crippen MR) is 87.8 cm³/mol. The van der Waals surface area contributed by atoms with Gasteiger partial charge in [-0.25, -0.2) is 0 Å². The van der Waals surface area contributed by atoms with E-state index in [4.69, 9.17) is 15.2 Å². The number of hydrogen-bond donors (Lipinski definition) is 2. The highest BCUT2D eigenvalue weighted by Crippen LogP contribution is 2.29. The number of nitrogens with two attached hydrogens (primary N) is 1. The maximum absolute atomic E-state index is 12.5. The molecule has 22 heavy (non-hydrogen) atoms. The van der Waals surface area contributed by atoms with Crippen LogP contribution in [-0.4, -0.2) is 32.8 Å². The van der Waals surface area contributed by atoms with E-state index < -0.39 is 5.41 Å². The van der Waals surface area contributed by atoms with E-state index in [2.05, 4.69) is 5.32 Å². The van der Waals surface area contributed by atoms with Crippen LogP contribution in [0.2, 0.25) is 0 Å². The minimum Gasteiger partial charge on any atom is -0.381 e. The SMILES string of the molecule is COCc1ccccc1CNC(=O)C1(CN)CCOCC1.Cl. The monoisotopic (exact) mass is 328 g/mol. The van der Waals surface area contributed by atoms with Crippen molar-refractivity contribution in [1.29, 1.82) is 0 Å². The van der Waals surface area contributed by atoms with Crippen molar-refractivity contribution in [3.05, 3.63) is 35.4 Å². The standard InChI is InChI=1S/C16H24N2O3.ClH/c1-20-11-14-5-3-2-4-13(14)10-18-15(19)16(12-17)6-8-21-9-7-16;/h2-5H,6-12,17H2,1H3,(H,18,19);1H. The summed E-state index contributed by atoms with van der Waals surface area (Å²) in [4.78, 5) is 12.5. The summed E-state index contributed by atoms with van der Waals surface area (Å²) in [6, 6.07) is 7.96. The van der Waals surface area contributed by atoms with Gasteiger partial charge in [0, 0.05) is 33.4 Å². The molecule has 1 saturated heterocycles. The van der Waals surface area contributed by atoms with Gasteiger partial charge < -0.3 is 20.5 Å². The fourth-order valence-electron chi connectivity index (χ4n) is 2.68. The molecule has 1 aliphatic rings. The van der Waals surface area contributed by atoms with Crippen LogP contribution in [0.15, 0.2) is 24.3 Å². The molecule has 0 aliphatic carbocycles. The van der Waals surface area contributed by atoms with Gasteiger partial charge in [0.05, 0.1) is 12.0 Å². The number of carbonyl (C=O) groups is 1. The summed E-state index contributed by atoms with van der Waals surface area (Å²) in [6.45, 7) is 2.61. The molecule has 1 heterocycles. The second-order valence-electron chi connectivity index (χ2n) is 5.48. The van der Waals surface area contributed by atoms with E-state index in [1.54, 1.807) is 7.11 Å². The van der Waals surface area contributed by atoms with Crippen LogP contribution < -0.4 is 11.1 Å². The Kier molecular flexibility index (Phi) is 7.82. The van der Waals surface area contributed by atoms with Crippen molar-refractivity contribution in [1.82, 2.24) is 5.32 Å². The van der Waals surface area contributed by atoms with Crippen molar-refractivity contribution in [2.45, 2.75) is 26.0 Å². The molecule has 5 nitrogen and oxygen atoms in total. The maximum atomic E-state index is 12.5. The Hall–Kier alpha value is -1.14. The number of ether oxygens (including phenoxy) is 2. The van der Waals surface area contributed by atoms with Crippen LogP contribution >= 0.6 is 12.4 Å². The molecule has 1 fully saturated rings. The zero-order valence-corrected chi connectivity index (χ0v) is 13.8. The van der Waals surface area contributed by atoms with E-state index in [1.165, 1.54) is 0 Å². The molecule has 124 valence electrons. The summed E-state index contributed by atoms with van der Waals surface area (Å²) >= 11 is 0. The molecule has 6 heteroatoms. The third kappa shape index (κ3) is 4.43. The van der Waals surface area contributed by atoms with Crippen LogP contribution in [-0.2, 0) is 27.4 Å². The summed E-state index contributed by atoms with van der Waals surface area (Å²) in [5.41, 5.74) is 7.54. The van der Waals surface area contributed by atoms with Crippen molar-refractivity contribution < 1.29 is 14.3 Å². The van der Waals surface area contributed by atoms with Gasteiger partial charge in [-0.15, -0.1) is 12.4 Å². The van der Waals surface area contributed by atoms with Crippen LogP contribution in [0.1, 0.15) is 24.0 Å². The normalized spacial score (nSPS) is 16.6. The minimum absolute atomic E-state index is 0. The highest BCUT2D eigenvalue weighted by Gasteiger charge is 2.38. The second-order valence-corrected chi connectivity index (χ2v) is 5.48. The third-order valence-electron chi connectivity index (χ3n) is 4.18. The first-order chi connectivity index (χ1) is 10.2. The summed E-state index contributed by atoms with van der Waals surface area (Å²) in [7, 11) is 1.67. The molecule has 1 aliphatic heterocycles. The first-order valence-electron chi connectivity index (χ1n) is 7.34. The van der Waals surface area contributed by atoms with Crippen LogP contribution in [0.5, 0.6) is 0 Å². The van der Waals surface area contributed by atoms with Crippen molar-refractivity contribution in [3.63, 3.8) is 0 Å². The predicted octanol–water partition coefficient (Wildman–Crippen LogP) is 1.63. The van der Waals surface area contributed by atoms with E-state index in [-0.39, 0.29) is 18.3 Å². The van der Waals surface area contributed by atoms with Gasteiger partial charge in [-0.05, 0) is 24.0 Å². The van der Waals surface area contributed by atoms with E-state index in [0.717, 1.165) is 11.1 Å². The zero-order valence-electron chi connectivity index (χ0n) is 13.0. The number of amides is 1. The zero-order chi connectivity index (χ0) is 15.1. The Morgan fingerprint density at radius 2 is 1.95 bits per heavy atom. The highest BCUT2D eigenvalue weighted by atomic mass is 35.5. The molecule has 3 N–H and O–H groups in total. The quantitative estimate of drug-likeness (QED) is 0.832. The molecule has 0 saturated carbocycles. The molecule has 0 spiro atoms. The fraction of sp³-hybridized carbons (Fsp3) is 0.562. The summed E-state index contributed by atoms with van der Waals surface area (Å²) in [6.07, 6.45) is 1.38. The average Bonchev–Trinajstić information content (AvgIpc) is 2.54. The smallest absolute Gasteiger partial charge is 0.227 e. The number of carbonyl (C=O) groups excluding carboxylic acids is 1. The molecule has 1 aromatic carbocycles. The van der Waals surface area contributed by atoms with E-state index >= 15 is 0 Å². The molecule has 1 aromatic rings. The summed E-state index contributed by atoms with van der Waals surface area (Å²) < 4.78 is 10.5. The summed E-state index contributed by atoms with van der Waals surface area (Å²) in [5, 5.41) is 3.03. The molecule has 0 aromatic heterocycles. The van der Waals surface area contributed by atoms with Crippen molar-refractivity contribution >= 4 is 18.3 Å². The molecule has 0 unspecified atom stereocenters. The Bertz CT molecular complexity index is 476.